The van der Waals surface area contributed by atoms with Crippen LogP contribution in [0, 0.1) is 10.1 Å². The monoisotopic (exact) mass is 271 g/mol. The third-order valence-corrected chi connectivity index (χ3v) is 3.08. The van der Waals surface area contributed by atoms with Gasteiger partial charge in [-0.25, -0.2) is 0 Å². The van der Waals surface area contributed by atoms with E-state index in [-0.39, 0.29) is 5.69 Å². The van der Waals surface area contributed by atoms with E-state index in [9.17, 15) is 10.1 Å². The van der Waals surface area contributed by atoms with E-state index in [0.29, 0.717) is 12.5 Å². The lowest BCUT2D eigenvalue weighted by Gasteiger charge is -2.13. The number of nitro groups is 1. The summed E-state index contributed by atoms with van der Waals surface area (Å²) in [4.78, 5) is 10.2. The predicted molar refractivity (Wildman–Crippen MR) is 78.0 cm³/mol. The van der Waals surface area contributed by atoms with Crippen LogP contribution in [0.1, 0.15) is 30.9 Å². The van der Waals surface area contributed by atoms with E-state index in [2.05, 4.69) is 19.9 Å². The van der Waals surface area contributed by atoms with E-state index in [1.54, 1.807) is 12.1 Å². The molecule has 0 radical (unpaired) electrons. The third kappa shape index (κ3) is 3.35. The van der Waals surface area contributed by atoms with Crippen LogP contribution in [0.15, 0.2) is 48.5 Å². The number of hydrogen-bond donors (Lipinski definition) is 0. The second kappa shape index (κ2) is 6.19. The first-order chi connectivity index (χ1) is 9.58. The molecule has 0 atom stereocenters. The number of ether oxygens (including phenoxy) is 1. The van der Waals surface area contributed by atoms with E-state index in [0.717, 1.165) is 16.9 Å². The van der Waals surface area contributed by atoms with Crippen LogP contribution in [0.5, 0.6) is 5.75 Å². The molecule has 0 aliphatic rings. The van der Waals surface area contributed by atoms with Gasteiger partial charge in [-0.1, -0.05) is 32.0 Å². The fourth-order valence-corrected chi connectivity index (χ4v) is 1.96. The van der Waals surface area contributed by atoms with Gasteiger partial charge in [0.15, 0.2) is 0 Å². The lowest BCUT2D eigenvalue weighted by molar-refractivity contribution is -0.384. The minimum atomic E-state index is -0.404. The van der Waals surface area contributed by atoms with Gasteiger partial charge in [0.05, 0.1) is 4.92 Å². The summed E-state index contributed by atoms with van der Waals surface area (Å²) in [5.41, 5.74) is 2.17. The summed E-state index contributed by atoms with van der Waals surface area (Å²) >= 11 is 0. The molecule has 0 spiro atoms. The van der Waals surface area contributed by atoms with Crippen LogP contribution in [0.2, 0.25) is 0 Å². The summed E-state index contributed by atoms with van der Waals surface area (Å²) in [6.45, 7) is 4.64. The van der Waals surface area contributed by atoms with Crippen LogP contribution < -0.4 is 4.74 Å². The van der Waals surface area contributed by atoms with Gasteiger partial charge in [-0.2, -0.15) is 0 Å². The smallest absolute Gasteiger partial charge is 0.269 e. The van der Waals surface area contributed by atoms with Crippen LogP contribution in [-0.4, -0.2) is 4.92 Å². The Morgan fingerprint density at radius 1 is 1.10 bits per heavy atom. The van der Waals surface area contributed by atoms with E-state index >= 15 is 0 Å². The zero-order valence-electron chi connectivity index (χ0n) is 11.6. The molecule has 0 aromatic heterocycles. The van der Waals surface area contributed by atoms with Crippen molar-refractivity contribution in [3.63, 3.8) is 0 Å². The molecule has 0 aliphatic carbocycles. The number of hydrogen-bond acceptors (Lipinski definition) is 3. The molecule has 0 bridgehead atoms. The zero-order valence-corrected chi connectivity index (χ0v) is 11.6. The van der Waals surface area contributed by atoms with Crippen molar-refractivity contribution >= 4 is 5.69 Å². The maximum absolute atomic E-state index is 10.6. The summed E-state index contributed by atoms with van der Waals surface area (Å²) in [6, 6.07) is 14.4. The number of nitrogens with zero attached hydrogens (tertiary/aromatic N) is 1. The number of rotatable bonds is 5. The molecule has 0 heterocycles. The Morgan fingerprint density at radius 2 is 1.75 bits per heavy atom. The number of nitro benzene ring substituents is 1. The van der Waals surface area contributed by atoms with Crippen LogP contribution in [-0.2, 0) is 6.61 Å². The summed E-state index contributed by atoms with van der Waals surface area (Å²) in [7, 11) is 0. The van der Waals surface area contributed by atoms with Gasteiger partial charge in [0.25, 0.3) is 5.69 Å². The van der Waals surface area contributed by atoms with E-state index in [1.165, 1.54) is 12.1 Å². The standard InChI is InChI=1S/C16H17NO3/c1-12(2)15-5-3-4-6-16(15)20-11-13-7-9-14(10-8-13)17(18)19/h3-10,12H,11H2,1-2H3. The molecule has 0 unspecified atom stereocenters. The first-order valence-electron chi connectivity index (χ1n) is 6.53. The lowest BCUT2D eigenvalue weighted by atomic mass is 10.0. The van der Waals surface area contributed by atoms with Crippen molar-refractivity contribution in [2.45, 2.75) is 26.4 Å². The van der Waals surface area contributed by atoms with E-state index < -0.39 is 4.92 Å². The molecular formula is C16H17NO3. The highest BCUT2D eigenvalue weighted by Gasteiger charge is 2.08. The zero-order chi connectivity index (χ0) is 14.5. The van der Waals surface area contributed by atoms with E-state index in [4.69, 9.17) is 4.74 Å². The Morgan fingerprint density at radius 3 is 2.35 bits per heavy atom. The van der Waals surface area contributed by atoms with Crippen molar-refractivity contribution in [3.8, 4) is 5.75 Å². The molecular weight excluding hydrogens is 254 g/mol. The molecule has 4 nitrogen and oxygen atoms in total. The average Bonchev–Trinajstić information content (AvgIpc) is 2.45. The Bertz CT molecular complexity index is 591. The molecule has 2 aromatic carbocycles. The topological polar surface area (TPSA) is 52.4 Å². The molecule has 0 amide bonds. The SMILES string of the molecule is CC(C)c1ccccc1OCc1ccc([N+](=O)[O-])cc1. The summed E-state index contributed by atoms with van der Waals surface area (Å²) in [6.07, 6.45) is 0. The average molecular weight is 271 g/mol. The van der Waals surface area contributed by atoms with Crippen molar-refractivity contribution in [3.05, 3.63) is 69.8 Å². The van der Waals surface area contributed by atoms with Crippen molar-refractivity contribution in [2.24, 2.45) is 0 Å². The third-order valence-electron chi connectivity index (χ3n) is 3.08. The Balaban J connectivity index is 2.07. The highest BCUT2D eigenvalue weighted by Crippen LogP contribution is 2.26. The van der Waals surface area contributed by atoms with Crippen LogP contribution in [0.3, 0.4) is 0 Å². The Kier molecular flexibility index (Phi) is 4.35. The molecule has 0 saturated heterocycles. The Labute approximate surface area is 118 Å². The minimum Gasteiger partial charge on any atom is -0.489 e. The van der Waals surface area contributed by atoms with Gasteiger partial charge < -0.3 is 4.74 Å². The second-order valence-electron chi connectivity index (χ2n) is 4.90. The highest BCUT2D eigenvalue weighted by atomic mass is 16.6. The summed E-state index contributed by atoms with van der Waals surface area (Å²) in [5.74, 6) is 1.25. The van der Waals surface area contributed by atoms with Gasteiger partial charge >= 0.3 is 0 Å². The lowest BCUT2D eigenvalue weighted by Crippen LogP contribution is -2.00. The van der Waals surface area contributed by atoms with Gasteiger partial charge in [-0.15, -0.1) is 0 Å². The number of non-ortho nitro benzene ring substituents is 1. The van der Waals surface area contributed by atoms with Gasteiger partial charge in [-0.3, -0.25) is 10.1 Å². The summed E-state index contributed by atoms with van der Waals surface area (Å²) in [5, 5.41) is 10.6. The molecule has 2 aromatic rings. The molecule has 0 aliphatic heterocycles. The molecule has 2 rings (SSSR count). The van der Waals surface area contributed by atoms with Crippen LogP contribution >= 0.6 is 0 Å². The quantitative estimate of drug-likeness (QED) is 0.602. The van der Waals surface area contributed by atoms with Crippen LogP contribution in [0.4, 0.5) is 5.69 Å². The van der Waals surface area contributed by atoms with Gasteiger partial charge in [0.2, 0.25) is 0 Å². The fraction of sp³-hybridized carbons (Fsp3) is 0.250. The molecule has 104 valence electrons. The highest BCUT2D eigenvalue weighted by molar-refractivity contribution is 5.36. The first kappa shape index (κ1) is 14.1. The van der Waals surface area contributed by atoms with Crippen LogP contribution in [0.25, 0.3) is 0 Å². The fourth-order valence-electron chi connectivity index (χ4n) is 1.96. The van der Waals surface area contributed by atoms with Crippen molar-refractivity contribution in [2.75, 3.05) is 0 Å². The summed E-state index contributed by atoms with van der Waals surface area (Å²) < 4.78 is 5.81. The minimum absolute atomic E-state index is 0.0938. The largest absolute Gasteiger partial charge is 0.489 e. The number of para-hydroxylation sites is 1. The predicted octanol–water partition coefficient (Wildman–Crippen LogP) is 4.30. The van der Waals surface area contributed by atoms with Crippen molar-refractivity contribution in [1.82, 2.24) is 0 Å². The maximum atomic E-state index is 10.6. The van der Waals surface area contributed by atoms with E-state index in [1.807, 2.05) is 18.2 Å². The van der Waals surface area contributed by atoms with Gasteiger partial charge in [0, 0.05) is 12.1 Å². The maximum Gasteiger partial charge on any atom is 0.269 e. The van der Waals surface area contributed by atoms with Gasteiger partial charge in [-0.05, 0) is 35.2 Å². The molecule has 0 N–H and O–H groups in total. The first-order valence-corrected chi connectivity index (χ1v) is 6.53. The van der Waals surface area contributed by atoms with Crippen molar-refractivity contribution in [1.29, 1.82) is 0 Å². The van der Waals surface area contributed by atoms with Gasteiger partial charge in [0.1, 0.15) is 12.4 Å². The molecule has 4 heteroatoms. The molecule has 20 heavy (non-hydrogen) atoms. The molecule has 0 fully saturated rings. The number of benzene rings is 2. The van der Waals surface area contributed by atoms with Crippen molar-refractivity contribution < 1.29 is 9.66 Å². The molecule has 0 saturated carbocycles. The Hall–Kier alpha value is -2.36. The normalized spacial score (nSPS) is 10.6. The second-order valence-corrected chi connectivity index (χ2v) is 4.90.